The molecule has 1 aliphatic rings. The highest BCUT2D eigenvalue weighted by molar-refractivity contribution is 7.19. The molecule has 9 heteroatoms. The van der Waals surface area contributed by atoms with Gasteiger partial charge in [-0.3, -0.25) is 24.3 Å². The van der Waals surface area contributed by atoms with Crippen LogP contribution < -0.4 is 5.56 Å². The van der Waals surface area contributed by atoms with E-state index in [0.29, 0.717) is 21.3 Å². The van der Waals surface area contributed by atoms with E-state index in [-0.39, 0.29) is 23.7 Å². The van der Waals surface area contributed by atoms with Crippen molar-refractivity contribution in [3.63, 3.8) is 0 Å². The molecule has 1 fully saturated rings. The van der Waals surface area contributed by atoms with Crippen molar-refractivity contribution in [3.05, 3.63) is 55.9 Å². The first-order valence-corrected chi connectivity index (χ1v) is 9.78. The van der Waals surface area contributed by atoms with Crippen LogP contribution in [0.2, 0.25) is 0 Å². The van der Waals surface area contributed by atoms with E-state index >= 15 is 0 Å². The molecule has 3 aromatic rings. The molecular weight excluding hydrogens is 380 g/mol. The number of nitro benzene ring substituents is 1. The molecule has 4 rings (SSSR count). The number of aryl methyl sites for hydroxylation is 1. The van der Waals surface area contributed by atoms with E-state index in [9.17, 15) is 19.7 Å². The first-order chi connectivity index (χ1) is 13.5. The zero-order valence-electron chi connectivity index (χ0n) is 15.3. The summed E-state index contributed by atoms with van der Waals surface area (Å²) in [6, 6.07) is 6.22. The Morgan fingerprint density at radius 3 is 2.79 bits per heavy atom. The number of carbonyl (C=O) groups is 1. The van der Waals surface area contributed by atoms with Gasteiger partial charge >= 0.3 is 0 Å². The Labute approximate surface area is 164 Å². The van der Waals surface area contributed by atoms with Crippen LogP contribution in [0.4, 0.5) is 5.69 Å². The van der Waals surface area contributed by atoms with Gasteiger partial charge in [-0.2, -0.15) is 0 Å². The molecule has 28 heavy (non-hydrogen) atoms. The molecule has 1 saturated heterocycles. The van der Waals surface area contributed by atoms with Crippen molar-refractivity contribution in [2.45, 2.75) is 26.3 Å². The van der Waals surface area contributed by atoms with Gasteiger partial charge in [-0.25, -0.2) is 4.98 Å². The minimum absolute atomic E-state index is 0.0373. The van der Waals surface area contributed by atoms with Crippen LogP contribution in [-0.4, -0.2) is 38.4 Å². The zero-order chi connectivity index (χ0) is 19.8. The molecule has 8 nitrogen and oxygen atoms in total. The molecule has 2 aromatic heterocycles. The van der Waals surface area contributed by atoms with Gasteiger partial charge in [-0.1, -0.05) is 12.1 Å². The normalized spacial score (nSPS) is 14.0. The largest absolute Gasteiger partial charge is 0.341 e. The number of fused-ring (bicyclic) bond motifs is 1. The van der Waals surface area contributed by atoms with Crippen molar-refractivity contribution >= 4 is 33.1 Å². The zero-order valence-corrected chi connectivity index (χ0v) is 16.1. The average molecular weight is 398 g/mol. The number of rotatable bonds is 4. The summed E-state index contributed by atoms with van der Waals surface area (Å²) in [6.45, 7) is 3.25. The molecule has 0 saturated carbocycles. The van der Waals surface area contributed by atoms with Crippen LogP contribution in [0, 0.1) is 17.0 Å². The third-order valence-electron chi connectivity index (χ3n) is 4.96. The van der Waals surface area contributed by atoms with Gasteiger partial charge in [-0.15, -0.1) is 11.3 Å². The van der Waals surface area contributed by atoms with Crippen LogP contribution in [0.25, 0.3) is 21.3 Å². The van der Waals surface area contributed by atoms with Gasteiger partial charge in [0.05, 0.1) is 16.6 Å². The van der Waals surface area contributed by atoms with Gasteiger partial charge in [0, 0.05) is 35.7 Å². The number of nitro groups is 1. The minimum atomic E-state index is -0.460. The SMILES string of the molecule is Cc1sc2ncn(CC(=O)N3CCCC3)c(=O)c2c1-c1cccc([N+](=O)[O-])c1. The number of benzene rings is 1. The molecule has 0 bridgehead atoms. The highest BCUT2D eigenvalue weighted by atomic mass is 32.1. The summed E-state index contributed by atoms with van der Waals surface area (Å²) < 4.78 is 1.33. The van der Waals surface area contributed by atoms with Crippen LogP contribution in [0.3, 0.4) is 0 Å². The number of thiophene rings is 1. The van der Waals surface area contributed by atoms with Crippen molar-refractivity contribution in [1.82, 2.24) is 14.5 Å². The van der Waals surface area contributed by atoms with Gasteiger partial charge in [0.25, 0.3) is 11.2 Å². The monoisotopic (exact) mass is 398 g/mol. The molecular formula is C19H18N4O4S. The van der Waals surface area contributed by atoms with Crippen LogP contribution in [0.5, 0.6) is 0 Å². The summed E-state index contributed by atoms with van der Waals surface area (Å²) in [4.78, 5) is 43.8. The summed E-state index contributed by atoms with van der Waals surface area (Å²) in [5.41, 5.74) is 0.901. The molecule has 0 N–H and O–H groups in total. The Morgan fingerprint density at radius 1 is 1.32 bits per heavy atom. The predicted molar refractivity (Wildman–Crippen MR) is 107 cm³/mol. The Bertz CT molecular complexity index is 1140. The highest BCUT2D eigenvalue weighted by Gasteiger charge is 2.22. The van der Waals surface area contributed by atoms with E-state index in [1.165, 1.54) is 34.4 Å². The number of non-ortho nitro benzene ring substituents is 1. The lowest BCUT2D eigenvalue weighted by Crippen LogP contribution is -2.34. The van der Waals surface area contributed by atoms with E-state index < -0.39 is 4.92 Å². The van der Waals surface area contributed by atoms with E-state index in [0.717, 1.165) is 30.8 Å². The Morgan fingerprint density at radius 2 is 2.07 bits per heavy atom. The van der Waals surface area contributed by atoms with Crippen molar-refractivity contribution in [3.8, 4) is 11.1 Å². The third kappa shape index (κ3) is 3.18. The second-order valence-electron chi connectivity index (χ2n) is 6.79. The molecule has 0 spiro atoms. The summed E-state index contributed by atoms with van der Waals surface area (Å²) in [5, 5.41) is 11.5. The molecule has 0 unspecified atom stereocenters. The standard InChI is InChI=1S/C19H18N4O4S/c1-12-16(13-5-4-6-14(9-13)23(26)27)17-18(28-12)20-11-22(19(17)25)10-15(24)21-7-2-3-8-21/h4-6,9,11H,2-3,7-8,10H2,1H3. The summed E-state index contributed by atoms with van der Waals surface area (Å²) in [5.74, 6) is -0.0930. The van der Waals surface area contributed by atoms with E-state index in [1.807, 2.05) is 6.92 Å². The van der Waals surface area contributed by atoms with Crippen molar-refractivity contribution in [2.24, 2.45) is 0 Å². The fraction of sp³-hybridized carbons (Fsp3) is 0.316. The number of likely N-dealkylation sites (tertiary alicyclic amines) is 1. The topological polar surface area (TPSA) is 98.3 Å². The summed E-state index contributed by atoms with van der Waals surface area (Å²) in [6.07, 6.45) is 3.38. The van der Waals surface area contributed by atoms with Crippen molar-refractivity contribution in [1.29, 1.82) is 0 Å². The predicted octanol–water partition coefficient (Wildman–Crippen LogP) is 2.96. The maximum Gasteiger partial charge on any atom is 0.270 e. The molecule has 144 valence electrons. The maximum atomic E-state index is 13.1. The number of nitrogens with zero attached hydrogens (tertiary/aromatic N) is 4. The van der Waals surface area contributed by atoms with E-state index in [1.54, 1.807) is 17.0 Å². The molecule has 0 aliphatic carbocycles. The van der Waals surface area contributed by atoms with E-state index in [4.69, 9.17) is 0 Å². The smallest absolute Gasteiger partial charge is 0.270 e. The number of amides is 1. The van der Waals surface area contributed by atoms with Gasteiger partial charge in [-0.05, 0) is 25.3 Å². The Hall–Kier alpha value is -3.07. The molecule has 0 atom stereocenters. The van der Waals surface area contributed by atoms with Gasteiger partial charge in [0.2, 0.25) is 5.91 Å². The lowest BCUT2D eigenvalue weighted by Gasteiger charge is -2.15. The second-order valence-corrected chi connectivity index (χ2v) is 7.99. The molecule has 3 heterocycles. The van der Waals surface area contributed by atoms with Crippen LogP contribution in [0.1, 0.15) is 17.7 Å². The molecule has 1 aliphatic heterocycles. The highest BCUT2D eigenvalue weighted by Crippen LogP contribution is 2.36. The summed E-state index contributed by atoms with van der Waals surface area (Å²) in [7, 11) is 0. The third-order valence-corrected chi connectivity index (χ3v) is 5.98. The minimum Gasteiger partial charge on any atom is -0.341 e. The van der Waals surface area contributed by atoms with Gasteiger partial charge < -0.3 is 4.90 Å². The fourth-order valence-corrected chi connectivity index (χ4v) is 4.59. The van der Waals surface area contributed by atoms with Crippen LogP contribution in [-0.2, 0) is 11.3 Å². The molecule has 1 amide bonds. The van der Waals surface area contributed by atoms with Gasteiger partial charge in [0.1, 0.15) is 11.4 Å². The molecule has 0 radical (unpaired) electrons. The maximum absolute atomic E-state index is 13.1. The fourth-order valence-electron chi connectivity index (χ4n) is 3.58. The first-order valence-electron chi connectivity index (χ1n) is 8.97. The Kier molecular flexibility index (Phi) is 4.68. The summed E-state index contributed by atoms with van der Waals surface area (Å²) >= 11 is 1.37. The first kappa shape index (κ1) is 18.3. The average Bonchev–Trinajstić information content (AvgIpc) is 3.32. The lowest BCUT2D eigenvalue weighted by atomic mass is 10.0. The van der Waals surface area contributed by atoms with Crippen LogP contribution in [0.15, 0.2) is 35.4 Å². The quantitative estimate of drug-likeness (QED) is 0.497. The number of hydrogen-bond acceptors (Lipinski definition) is 6. The number of hydrogen-bond donors (Lipinski definition) is 0. The van der Waals surface area contributed by atoms with Crippen LogP contribution >= 0.6 is 11.3 Å². The lowest BCUT2D eigenvalue weighted by molar-refractivity contribution is -0.384. The Balaban J connectivity index is 1.81. The van der Waals surface area contributed by atoms with Crippen molar-refractivity contribution < 1.29 is 9.72 Å². The number of carbonyl (C=O) groups excluding carboxylic acids is 1. The molecule has 1 aromatic carbocycles. The van der Waals surface area contributed by atoms with Gasteiger partial charge in [0.15, 0.2) is 0 Å². The van der Waals surface area contributed by atoms with Crippen molar-refractivity contribution in [2.75, 3.05) is 13.1 Å². The van der Waals surface area contributed by atoms with E-state index in [2.05, 4.69) is 4.98 Å². The second kappa shape index (κ2) is 7.16. The number of aromatic nitrogens is 2.